The highest BCUT2D eigenvalue weighted by Gasteiger charge is 2.14. The monoisotopic (exact) mass is 373 g/mol. The van der Waals surface area contributed by atoms with Gasteiger partial charge in [-0.3, -0.25) is 4.98 Å². The Morgan fingerprint density at radius 3 is 2.41 bits per heavy atom. The molecule has 4 aromatic rings. The summed E-state index contributed by atoms with van der Waals surface area (Å²) in [6, 6.07) is 12.4. The minimum absolute atomic E-state index is 0.775. The van der Waals surface area contributed by atoms with E-state index in [9.17, 15) is 0 Å². The molecule has 27 heavy (non-hydrogen) atoms. The van der Waals surface area contributed by atoms with Crippen LogP contribution < -0.4 is 4.90 Å². The summed E-state index contributed by atoms with van der Waals surface area (Å²) in [7, 11) is 0. The Bertz CT molecular complexity index is 1080. The van der Waals surface area contributed by atoms with Crippen molar-refractivity contribution in [2.45, 2.75) is 19.8 Å². The maximum atomic E-state index is 4.75. The maximum Gasteiger partial charge on any atom is 0.171 e. The van der Waals surface area contributed by atoms with Crippen LogP contribution in [0.15, 0.2) is 48.8 Å². The Morgan fingerprint density at radius 2 is 1.67 bits per heavy atom. The largest absolute Gasteiger partial charge is 0.357 e. The number of hydrogen-bond acceptors (Lipinski definition) is 6. The number of pyridine rings is 3. The predicted molar refractivity (Wildman–Crippen MR) is 110 cm³/mol. The van der Waals surface area contributed by atoms with Crippen molar-refractivity contribution in [1.82, 2.24) is 19.9 Å². The molecule has 5 rings (SSSR count). The Balaban J connectivity index is 1.46. The van der Waals surface area contributed by atoms with E-state index in [1.807, 2.05) is 37.5 Å². The summed E-state index contributed by atoms with van der Waals surface area (Å²) in [6.45, 7) is 4.19. The van der Waals surface area contributed by atoms with Crippen LogP contribution in [0.25, 0.3) is 32.2 Å². The molecule has 0 radical (unpaired) electrons. The van der Waals surface area contributed by atoms with Crippen molar-refractivity contribution < 1.29 is 0 Å². The average molecular weight is 373 g/mol. The molecule has 4 aromatic heterocycles. The molecule has 0 N–H and O–H groups in total. The molecule has 1 aliphatic rings. The Morgan fingerprint density at radius 1 is 0.852 bits per heavy atom. The molecule has 1 fully saturated rings. The molecule has 0 amide bonds. The number of aryl methyl sites for hydroxylation is 1. The molecule has 5 nitrogen and oxygen atoms in total. The first-order chi connectivity index (χ1) is 13.3. The quantitative estimate of drug-likeness (QED) is 0.520. The van der Waals surface area contributed by atoms with E-state index >= 15 is 0 Å². The normalized spacial score (nSPS) is 14.2. The van der Waals surface area contributed by atoms with Crippen LogP contribution in [0, 0.1) is 6.92 Å². The van der Waals surface area contributed by atoms with Crippen LogP contribution in [0.3, 0.4) is 0 Å². The number of aromatic nitrogens is 4. The summed E-state index contributed by atoms with van der Waals surface area (Å²) in [5.74, 6) is 1.06. The first-order valence-corrected chi connectivity index (χ1v) is 10.00. The fourth-order valence-corrected chi connectivity index (χ4v) is 4.27. The van der Waals surface area contributed by atoms with E-state index < -0.39 is 0 Å². The van der Waals surface area contributed by atoms with E-state index in [0.29, 0.717) is 0 Å². The van der Waals surface area contributed by atoms with E-state index in [1.165, 1.54) is 12.8 Å². The van der Waals surface area contributed by atoms with Crippen LogP contribution in [0.1, 0.15) is 18.5 Å². The van der Waals surface area contributed by atoms with Crippen molar-refractivity contribution in [2.24, 2.45) is 0 Å². The molecule has 6 heteroatoms. The van der Waals surface area contributed by atoms with Gasteiger partial charge in [0.2, 0.25) is 0 Å². The van der Waals surface area contributed by atoms with Gasteiger partial charge in [0.05, 0.1) is 10.4 Å². The van der Waals surface area contributed by atoms with Crippen LogP contribution in [0.2, 0.25) is 0 Å². The molecule has 0 spiro atoms. The van der Waals surface area contributed by atoms with E-state index in [2.05, 4.69) is 33.1 Å². The van der Waals surface area contributed by atoms with Gasteiger partial charge in [-0.15, -0.1) is 11.3 Å². The van der Waals surface area contributed by atoms with Crippen molar-refractivity contribution in [3.63, 3.8) is 0 Å². The lowest BCUT2D eigenvalue weighted by Crippen LogP contribution is -2.18. The molecule has 0 aliphatic carbocycles. The van der Waals surface area contributed by atoms with E-state index in [-0.39, 0.29) is 0 Å². The van der Waals surface area contributed by atoms with Crippen LogP contribution in [0.4, 0.5) is 5.82 Å². The highest BCUT2D eigenvalue weighted by molar-refractivity contribution is 7.21. The molecule has 0 saturated carbocycles. The Hall–Kier alpha value is -2.86. The highest BCUT2D eigenvalue weighted by Crippen LogP contribution is 2.31. The van der Waals surface area contributed by atoms with Crippen molar-refractivity contribution in [2.75, 3.05) is 18.0 Å². The Labute approximate surface area is 161 Å². The standard InChI is InChI=1S/C21H19N5S/c1-14-4-5-15(12-22-14)17-7-8-18-20(24-17)25-21(27-18)16-6-9-19(23-13-16)26-10-2-3-11-26/h4-9,12-13H,2-3,10-11H2,1H3. The second kappa shape index (κ2) is 6.70. The molecule has 1 saturated heterocycles. The summed E-state index contributed by atoms with van der Waals surface area (Å²) in [6.07, 6.45) is 6.30. The number of nitrogens with zero attached hydrogens (tertiary/aromatic N) is 5. The van der Waals surface area contributed by atoms with Gasteiger partial charge in [-0.25, -0.2) is 15.0 Å². The molecule has 0 atom stereocenters. The fraction of sp³-hybridized carbons (Fsp3) is 0.238. The molecule has 5 heterocycles. The zero-order valence-corrected chi connectivity index (χ0v) is 15.9. The van der Waals surface area contributed by atoms with Gasteiger partial charge < -0.3 is 4.90 Å². The number of fused-ring (bicyclic) bond motifs is 1. The van der Waals surface area contributed by atoms with Crippen molar-refractivity contribution in [3.8, 4) is 21.8 Å². The summed E-state index contributed by atoms with van der Waals surface area (Å²) in [5, 5.41) is 0.956. The molecule has 0 aromatic carbocycles. The van der Waals surface area contributed by atoms with Crippen LogP contribution >= 0.6 is 11.3 Å². The maximum absolute atomic E-state index is 4.75. The van der Waals surface area contributed by atoms with Crippen LogP contribution in [-0.4, -0.2) is 33.0 Å². The van der Waals surface area contributed by atoms with Gasteiger partial charge in [-0.05, 0) is 56.2 Å². The van der Waals surface area contributed by atoms with Crippen molar-refractivity contribution in [1.29, 1.82) is 0 Å². The molecule has 134 valence electrons. The lowest BCUT2D eigenvalue weighted by molar-refractivity contribution is 0.938. The third-order valence-corrected chi connectivity index (χ3v) is 5.94. The smallest absolute Gasteiger partial charge is 0.171 e. The SMILES string of the molecule is Cc1ccc(-c2ccc3sc(-c4ccc(N5CCCC5)nc4)nc3n2)cn1. The molecule has 0 bridgehead atoms. The van der Waals surface area contributed by atoms with Crippen molar-refractivity contribution >= 4 is 27.5 Å². The van der Waals surface area contributed by atoms with Crippen LogP contribution in [0.5, 0.6) is 0 Å². The summed E-state index contributed by atoms with van der Waals surface area (Å²) >= 11 is 1.65. The number of hydrogen-bond donors (Lipinski definition) is 0. The van der Waals surface area contributed by atoms with Gasteiger partial charge in [-0.1, -0.05) is 0 Å². The minimum atomic E-state index is 0.775. The molecular formula is C21H19N5S. The van der Waals surface area contributed by atoms with E-state index in [4.69, 9.17) is 9.97 Å². The van der Waals surface area contributed by atoms with Gasteiger partial charge >= 0.3 is 0 Å². The van der Waals surface area contributed by atoms with E-state index in [1.54, 1.807) is 11.3 Å². The molecule has 1 aliphatic heterocycles. The minimum Gasteiger partial charge on any atom is -0.357 e. The lowest BCUT2D eigenvalue weighted by atomic mass is 10.2. The van der Waals surface area contributed by atoms with Gasteiger partial charge in [0.25, 0.3) is 0 Å². The predicted octanol–water partition coefficient (Wildman–Crippen LogP) is 4.72. The zero-order chi connectivity index (χ0) is 18.2. The van der Waals surface area contributed by atoms with E-state index in [0.717, 1.165) is 56.8 Å². The second-order valence-electron chi connectivity index (χ2n) is 6.82. The number of anilines is 1. The fourth-order valence-electron chi connectivity index (χ4n) is 3.37. The zero-order valence-electron chi connectivity index (χ0n) is 15.1. The number of rotatable bonds is 3. The summed E-state index contributed by atoms with van der Waals surface area (Å²) in [4.78, 5) is 20.8. The van der Waals surface area contributed by atoms with Gasteiger partial charge in [0, 0.05) is 42.3 Å². The molecule has 0 unspecified atom stereocenters. The second-order valence-corrected chi connectivity index (χ2v) is 7.86. The van der Waals surface area contributed by atoms with Crippen molar-refractivity contribution in [3.05, 3.63) is 54.5 Å². The van der Waals surface area contributed by atoms with Gasteiger partial charge in [-0.2, -0.15) is 0 Å². The average Bonchev–Trinajstić information content (AvgIpc) is 3.38. The third-order valence-electron chi connectivity index (χ3n) is 4.89. The lowest BCUT2D eigenvalue weighted by Gasteiger charge is -2.15. The molecular weight excluding hydrogens is 354 g/mol. The summed E-state index contributed by atoms with van der Waals surface area (Å²) in [5.41, 5.74) is 4.72. The van der Waals surface area contributed by atoms with Crippen LogP contribution in [-0.2, 0) is 0 Å². The number of thiazole rings is 1. The first-order valence-electron chi connectivity index (χ1n) is 9.18. The summed E-state index contributed by atoms with van der Waals surface area (Å²) < 4.78 is 1.08. The van der Waals surface area contributed by atoms with Gasteiger partial charge in [0.15, 0.2) is 5.65 Å². The topological polar surface area (TPSA) is 54.8 Å². The third kappa shape index (κ3) is 3.17. The van der Waals surface area contributed by atoms with Gasteiger partial charge in [0.1, 0.15) is 10.8 Å². The first kappa shape index (κ1) is 16.3. The highest BCUT2D eigenvalue weighted by atomic mass is 32.1. The Kier molecular flexibility index (Phi) is 4.05.